The fourth-order valence-electron chi connectivity index (χ4n) is 2.04. The molecule has 2 aromatic carbocycles. The number of hydrogen-bond donors (Lipinski definition) is 0. The van der Waals surface area contributed by atoms with Crippen LogP contribution in [-0.4, -0.2) is 6.61 Å². The maximum Gasteiger partial charge on any atom is 0.137 e. The fourth-order valence-corrected chi connectivity index (χ4v) is 2.46. The molecular formula is C17H17BrF2O. The van der Waals surface area contributed by atoms with Crippen LogP contribution in [0.4, 0.5) is 8.78 Å². The van der Waals surface area contributed by atoms with Crippen LogP contribution in [0.1, 0.15) is 25.0 Å². The predicted octanol–water partition coefficient (Wildman–Crippen LogP) is 5.22. The molecule has 0 saturated carbocycles. The van der Waals surface area contributed by atoms with Crippen molar-refractivity contribution in [2.75, 3.05) is 6.61 Å². The van der Waals surface area contributed by atoms with Crippen molar-refractivity contribution in [3.05, 3.63) is 69.7 Å². The zero-order valence-corrected chi connectivity index (χ0v) is 13.6. The lowest BCUT2D eigenvalue weighted by molar-refractivity contribution is 0.0824. The number of hydrogen-bond acceptors (Lipinski definition) is 1. The molecule has 4 heteroatoms. The molecule has 0 saturated heterocycles. The molecule has 0 bridgehead atoms. The monoisotopic (exact) mass is 354 g/mol. The average Bonchev–Trinajstić information content (AvgIpc) is 2.43. The molecule has 0 aliphatic carbocycles. The lowest BCUT2D eigenvalue weighted by Gasteiger charge is -2.25. The lowest BCUT2D eigenvalue weighted by Crippen LogP contribution is -2.24. The highest BCUT2D eigenvalue weighted by Crippen LogP contribution is 2.24. The van der Waals surface area contributed by atoms with Gasteiger partial charge in [0.1, 0.15) is 11.6 Å². The SMILES string of the molecule is CC(C)(COCc1ccc(F)c(Br)c1)c1ccc(F)cc1. The maximum absolute atomic E-state index is 13.1. The summed E-state index contributed by atoms with van der Waals surface area (Å²) in [6.07, 6.45) is 0. The molecule has 2 rings (SSSR count). The molecule has 0 spiro atoms. The van der Waals surface area contributed by atoms with E-state index < -0.39 is 0 Å². The van der Waals surface area contributed by atoms with E-state index in [0.29, 0.717) is 17.7 Å². The van der Waals surface area contributed by atoms with Gasteiger partial charge in [-0.15, -0.1) is 0 Å². The zero-order valence-electron chi connectivity index (χ0n) is 12.0. The van der Waals surface area contributed by atoms with Crippen molar-refractivity contribution in [1.29, 1.82) is 0 Å². The van der Waals surface area contributed by atoms with Crippen molar-refractivity contribution in [3.63, 3.8) is 0 Å². The highest BCUT2D eigenvalue weighted by Gasteiger charge is 2.21. The summed E-state index contributed by atoms with van der Waals surface area (Å²) >= 11 is 3.15. The van der Waals surface area contributed by atoms with E-state index in [-0.39, 0.29) is 17.0 Å². The van der Waals surface area contributed by atoms with E-state index in [1.807, 2.05) is 13.8 Å². The maximum atomic E-state index is 13.1. The smallest absolute Gasteiger partial charge is 0.137 e. The average molecular weight is 355 g/mol. The standard InChI is InChI=1S/C17H17BrF2O/c1-17(2,13-4-6-14(19)7-5-13)11-21-10-12-3-8-16(20)15(18)9-12/h3-9H,10-11H2,1-2H3. The lowest BCUT2D eigenvalue weighted by atomic mass is 9.85. The van der Waals surface area contributed by atoms with Crippen LogP contribution in [0.3, 0.4) is 0 Å². The van der Waals surface area contributed by atoms with Gasteiger partial charge in [0.25, 0.3) is 0 Å². The summed E-state index contributed by atoms with van der Waals surface area (Å²) in [4.78, 5) is 0. The van der Waals surface area contributed by atoms with E-state index >= 15 is 0 Å². The normalized spacial score (nSPS) is 11.7. The molecule has 0 atom stereocenters. The second-order valence-electron chi connectivity index (χ2n) is 5.63. The predicted molar refractivity (Wildman–Crippen MR) is 83.2 cm³/mol. The van der Waals surface area contributed by atoms with Crippen LogP contribution in [0.15, 0.2) is 46.9 Å². The summed E-state index contributed by atoms with van der Waals surface area (Å²) in [6, 6.07) is 11.3. The van der Waals surface area contributed by atoms with Gasteiger partial charge in [-0.3, -0.25) is 0 Å². The molecule has 21 heavy (non-hydrogen) atoms. The fraction of sp³-hybridized carbons (Fsp3) is 0.294. The van der Waals surface area contributed by atoms with Crippen molar-refractivity contribution < 1.29 is 13.5 Å². The molecule has 1 nitrogen and oxygen atoms in total. The molecule has 0 radical (unpaired) electrons. The minimum Gasteiger partial charge on any atom is -0.376 e. The second-order valence-corrected chi connectivity index (χ2v) is 6.49. The first-order valence-corrected chi connectivity index (χ1v) is 7.45. The van der Waals surface area contributed by atoms with Crippen molar-refractivity contribution >= 4 is 15.9 Å². The highest BCUT2D eigenvalue weighted by atomic mass is 79.9. The van der Waals surface area contributed by atoms with Gasteiger partial charge in [-0.25, -0.2) is 8.78 Å². The van der Waals surface area contributed by atoms with Crippen molar-refractivity contribution in [3.8, 4) is 0 Å². The molecule has 0 aromatic heterocycles. The Kier molecular flexibility index (Phi) is 5.12. The van der Waals surface area contributed by atoms with Gasteiger partial charge in [-0.2, -0.15) is 0 Å². The van der Waals surface area contributed by atoms with Crippen LogP contribution in [0, 0.1) is 11.6 Å². The van der Waals surface area contributed by atoms with Crippen LogP contribution in [-0.2, 0) is 16.8 Å². The van der Waals surface area contributed by atoms with Gasteiger partial charge in [-0.1, -0.05) is 32.0 Å². The van der Waals surface area contributed by atoms with Crippen molar-refractivity contribution in [1.82, 2.24) is 0 Å². The van der Waals surface area contributed by atoms with Gasteiger partial charge < -0.3 is 4.74 Å². The Labute approximate surface area is 132 Å². The Bertz CT molecular complexity index is 609. The van der Waals surface area contributed by atoms with E-state index in [2.05, 4.69) is 15.9 Å². The van der Waals surface area contributed by atoms with Crippen LogP contribution in [0.25, 0.3) is 0 Å². The molecule has 0 aliphatic rings. The second kappa shape index (κ2) is 6.67. The summed E-state index contributed by atoms with van der Waals surface area (Å²) < 4.78 is 32.3. The minimum atomic E-state index is -0.287. The Morgan fingerprint density at radius 3 is 2.33 bits per heavy atom. The Hall–Kier alpha value is -1.26. The van der Waals surface area contributed by atoms with Crippen LogP contribution >= 0.6 is 15.9 Å². The van der Waals surface area contributed by atoms with E-state index in [9.17, 15) is 8.78 Å². The Morgan fingerprint density at radius 2 is 1.71 bits per heavy atom. The first-order chi connectivity index (χ1) is 9.88. The van der Waals surface area contributed by atoms with Crippen molar-refractivity contribution in [2.45, 2.75) is 25.9 Å². The van der Waals surface area contributed by atoms with E-state index in [1.54, 1.807) is 24.3 Å². The van der Waals surface area contributed by atoms with Gasteiger partial charge in [0.15, 0.2) is 0 Å². The van der Waals surface area contributed by atoms with Crippen LogP contribution < -0.4 is 0 Å². The van der Waals surface area contributed by atoms with Gasteiger partial charge in [-0.05, 0) is 51.3 Å². The summed E-state index contributed by atoms with van der Waals surface area (Å²) in [5.41, 5.74) is 1.70. The van der Waals surface area contributed by atoms with E-state index in [0.717, 1.165) is 11.1 Å². The largest absolute Gasteiger partial charge is 0.376 e. The van der Waals surface area contributed by atoms with Gasteiger partial charge >= 0.3 is 0 Å². The molecule has 2 aromatic rings. The van der Waals surface area contributed by atoms with E-state index in [1.165, 1.54) is 18.2 Å². The number of ether oxygens (including phenoxy) is 1. The van der Waals surface area contributed by atoms with Crippen molar-refractivity contribution in [2.24, 2.45) is 0 Å². The number of halogens is 3. The quantitative estimate of drug-likeness (QED) is 0.714. The number of benzene rings is 2. The summed E-state index contributed by atoms with van der Waals surface area (Å²) in [7, 11) is 0. The summed E-state index contributed by atoms with van der Waals surface area (Å²) in [5.74, 6) is -0.531. The molecule has 0 N–H and O–H groups in total. The molecule has 0 fully saturated rings. The first kappa shape index (κ1) is 16.1. The topological polar surface area (TPSA) is 9.23 Å². The molecule has 0 unspecified atom stereocenters. The van der Waals surface area contributed by atoms with E-state index in [4.69, 9.17) is 4.74 Å². The summed E-state index contributed by atoms with van der Waals surface area (Å²) in [6.45, 7) is 4.98. The molecule has 0 aliphatic heterocycles. The minimum absolute atomic E-state index is 0.217. The van der Waals surface area contributed by atoms with Gasteiger partial charge in [0.2, 0.25) is 0 Å². The van der Waals surface area contributed by atoms with Gasteiger partial charge in [0, 0.05) is 5.41 Å². The molecular weight excluding hydrogens is 338 g/mol. The third kappa shape index (κ3) is 4.35. The van der Waals surface area contributed by atoms with Crippen LogP contribution in [0.5, 0.6) is 0 Å². The van der Waals surface area contributed by atoms with Crippen LogP contribution in [0.2, 0.25) is 0 Å². The third-order valence-corrected chi connectivity index (χ3v) is 3.95. The number of rotatable bonds is 5. The Balaban J connectivity index is 1.95. The summed E-state index contributed by atoms with van der Waals surface area (Å²) in [5, 5.41) is 0. The zero-order chi connectivity index (χ0) is 15.5. The van der Waals surface area contributed by atoms with Gasteiger partial charge in [0.05, 0.1) is 17.7 Å². The highest BCUT2D eigenvalue weighted by molar-refractivity contribution is 9.10. The molecule has 112 valence electrons. The first-order valence-electron chi connectivity index (χ1n) is 6.66. The third-order valence-electron chi connectivity index (χ3n) is 3.34. The molecule has 0 heterocycles. The molecule has 0 amide bonds. The Morgan fingerprint density at radius 1 is 1.05 bits per heavy atom.